The van der Waals surface area contributed by atoms with Crippen LogP contribution in [0.2, 0.25) is 0 Å². The second kappa shape index (κ2) is 8.31. The lowest BCUT2D eigenvalue weighted by molar-refractivity contribution is -0.137. The van der Waals surface area contributed by atoms with Crippen LogP contribution in [-0.4, -0.2) is 11.1 Å². The average Bonchev–Trinajstić information content (AvgIpc) is 2.02. The van der Waals surface area contributed by atoms with E-state index in [1.54, 1.807) is 0 Å². The van der Waals surface area contributed by atoms with Crippen LogP contribution in [-0.2, 0) is 4.79 Å². The molecule has 0 amide bonds. The van der Waals surface area contributed by atoms with E-state index in [1.807, 2.05) is 0 Å². The SMILES string of the molecule is CCCC/C=C\CCCC(=O)O. The topological polar surface area (TPSA) is 37.3 Å². The number of carbonyl (C=O) groups is 1. The molecule has 0 rings (SSSR count). The standard InChI is InChI=1S/C10H18O2/c1-2-3-4-5-6-7-8-9-10(11)12/h5-6H,2-4,7-9H2,1H3,(H,11,12)/b6-5-. The largest absolute Gasteiger partial charge is 0.481 e. The summed E-state index contributed by atoms with van der Waals surface area (Å²) in [7, 11) is 0. The van der Waals surface area contributed by atoms with Gasteiger partial charge in [-0.25, -0.2) is 0 Å². The van der Waals surface area contributed by atoms with Crippen molar-refractivity contribution >= 4 is 5.97 Å². The van der Waals surface area contributed by atoms with Gasteiger partial charge in [-0.2, -0.15) is 0 Å². The van der Waals surface area contributed by atoms with E-state index >= 15 is 0 Å². The minimum atomic E-state index is -0.697. The molecule has 0 aliphatic heterocycles. The van der Waals surface area contributed by atoms with Gasteiger partial charge in [-0.3, -0.25) is 4.79 Å². The summed E-state index contributed by atoms with van der Waals surface area (Å²) < 4.78 is 0. The quantitative estimate of drug-likeness (QED) is 0.471. The number of hydrogen-bond acceptors (Lipinski definition) is 1. The van der Waals surface area contributed by atoms with E-state index in [4.69, 9.17) is 5.11 Å². The summed E-state index contributed by atoms with van der Waals surface area (Å²) in [5.74, 6) is -0.697. The number of allylic oxidation sites excluding steroid dienone is 2. The molecule has 0 aliphatic carbocycles. The Morgan fingerprint density at radius 3 is 2.33 bits per heavy atom. The van der Waals surface area contributed by atoms with Crippen LogP contribution >= 0.6 is 0 Å². The molecule has 0 aromatic carbocycles. The predicted octanol–water partition coefficient (Wildman–Crippen LogP) is 2.99. The third-order valence-electron chi connectivity index (χ3n) is 1.65. The fraction of sp³-hybridized carbons (Fsp3) is 0.700. The summed E-state index contributed by atoms with van der Waals surface area (Å²) in [5, 5.41) is 8.33. The zero-order chi connectivity index (χ0) is 9.23. The van der Waals surface area contributed by atoms with Crippen LogP contribution in [0.5, 0.6) is 0 Å². The monoisotopic (exact) mass is 170 g/mol. The molecular formula is C10H18O2. The van der Waals surface area contributed by atoms with Crippen molar-refractivity contribution in [1.82, 2.24) is 0 Å². The summed E-state index contributed by atoms with van der Waals surface area (Å²) in [6, 6.07) is 0. The van der Waals surface area contributed by atoms with Gasteiger partial charge in [0.25, 0.3) is 0 Å². The normalized spacial score (nSPS) is 10.8. The summed E-state index contributed by atoms with van der Waals surface area (Å²) in [4.78, 5) is 10.1. The van der Waals surface area contributed by atoms with Crippen molar-refractivity contribution in [3.63, 3.8) is 0 Å². The van der Waals surface area contributed by atoms with Crippen molar-refractivity contribution in [1.29, 1.82) is 0 Å². The fourth-order valence-corrected chi connectivity index (χ4v) is 0.929. The van der Waals surface area contributed by atoms with E-state index in [1.165, 1.54) is 12.8 Å². The van der Waals surface area contributed by atoms with Crippen LogP contribution in [0.3, 0.4) is 0 Å². The number of aliphatic carboxylic acids is 1. The highest BCUT2D eigenvalue weighted by molar-refractivity contribution is 5.66. The molecule has 0 heterocycles. The van der Waals surface area contributed by atoms with Gasteiger partial charge in [-0.1, -0.05) is 31.9 Å². The minimum Gasteiger partial charge on any atom is -0.481 e. The van der Waals surface area contributed by atoms with Crippen molar-refractivity contribution in [3.05, 3.63) is 12.2 Å². The molecule has 0 aliphatic rings. The number of carboxylic acid groups (broad SMARTS) is 1. The second-order valence-electron chi connectivity index (χ2n) is 2.90. The van der Waals surface area contributed by atoms with E-state index in [0.717, 1.165) is 19.3 Å². The van der Waals surface area contributed by atoms with Crippen LogP contribution in [0, 0.1) is 0 Å². The van der Waals surface area contributed by atoms with Crippen LogP contribution in [0.4, 0.5) is 0 Å². The Labute approximate surface area is 74.3 Å². The highest BCUT2D eigenvalue weighted by Crippen LogP contribution is 2.00. The molecule has 0 saturated heterocycles. The van der Waals surface area contributed by atoms with Crippen molar-refractivity contribution in [2.24, 2.45) is 0 Å². The van der Waals surface area contributed by atoms with Crippen molar-refractivity contribution in [3.8, 4) is 0 Å². The van der Waals surface area contributed by atoms with Gasteiger partial charge in [0.1, 0.15) is 0 Å². The highest BCUT2D eigenvalue weighted by Gasteiger charge is 1.92. The molecule has 0 saturated carbocycles. The van der Waals surface area contributed by atoms with Crippen molar-refractivity contribution in [2.75, 3.05) is 0 Å². The number of rotatable bonds is 7. The Hall–Kier alpha value is -0.790. The highest BCUT2D eigenvalue weighted by atomic mass is 16.4. The van der Waals surface area contributed by atoms with Gasteiger partial charge in [0, 0.05) is 6.42 Å². The first-order valence-corrected chi connectivity index (χ1v) is 4.64. The molecule has 0 aromatic rings. The first-order valence-electron chi connectivity index (χ1n) is 4.64. The van der Waals surface area contributed by atoms with Gasteiger partial charge in [0.15, 0.2) is 0 Å². The number of unbranched alkanes of at least 4 members (excludes halogenated alkanes) is 3. The lowest BCUT2D eigenvalue weighted by Crippen LogP contribution is -1.92. The van der Waals surface area contributed by atoms with Crippen LogP contribution in [0.15, 0.2) is 12.2 Å². The third-order valence-corrected chi connectivity index (χ3v) is 1.65. The van der Waals surface area contributed by atoms with E-state index in [0.29, 0.717) is 0 Å². The summed E-state index contributed by atoms with van der Waals surface area (Å²) in [6.45, 7) is 2.16. The molecule has 0 spiro atoms. The van der Waals surface area contributed by atoms with E-state index in [2.05, 4.69) is 19.1 Å². The maximum Gasteiger partial charge on any atom is 0.303 e. The number of carboxylic acids is 1. The summed E-state index contributed by atoms with van der Waals surface area (Å²) >= 11 is 0. The minimum absolute atomic E-state index is 0.290. The molecule has 0 unspecified atom stereocenters. The Kier molecular flexibility index (Phi) is 7.76. The van der Waals surface area contributed by atoms with E-state index in [-0.39, 0.29) is 6.42 Å². The molecule has 70 valence electrons. The molecule has 0 aromatic heterocycles. The average molecular weight is 170 g/mol. The molecule has 2 heteroatoms. The molecule has 1 N–H and O–H groups in total. The maximum atomic E-state index is 10.1. The molecular weight excluding hydrogens is 152 g/mol. The van der Waals surface area contributed by atoms with Gasteiger partial charge >= 0.3 is 5.97 Å². The third kappa shape index (κ3) is 9.21. The Bertz CT molecular complexity index is 139. The van der Waals surface area contributed by atoms with Gasteiger partial charge in [-0.15, -0.1) is 0 Å². The van der Waals surface area contributed by atoms with E-state index in [9.17, 15) is 4.79 Å². The molecule has 12 heavy (non-hydrogen) atoms. The second-order valence-corrected chi connectivity index (χ2v) is 2.90. The predicted molar refractivity (Wildman–Crippen MR) is 50.2 cm³/mol. The lowest BCUT2D eigenvalue weighted by Gasteiger charge is -1.91. The van der Waals surface area contributed by atoms with Crippen LogP contribution in [0.1, 0.15) is 45.4 Å². The molecule has 0 atom stereocenters. The summed E-state index contributed by atoms with van der Waals surface area (Å²) in [5.41, 5.74) is 0. The zero-order valence-electron chi connectivity index (χ0n) is 7.75. The van der Waals surface area contributed by atoms with Crippen molar-refractivity contribution < 1.29 is 9.90 Å². The fourth-order valence-electron chi connectivity index (χ4n) is 0.929. The smallest absolute Gasteiger partial charge is 0.303 e. The Morgan fingerprint density at radius 1 is 1.25 bits per heavy atom. The molecule has 0 bridgehead atoms. The molecule has 2 nitrogen and oxygen atoms in total. The number of hydrogen-bond donors (Lipinski definition) is 1. The van der Waals surface area contributed by atoms with Crippen molar-refractivity contribution in [2.45, 2.75) is 45.4 Å². The van der Waals surface area contributed by atoms with Gasteiger partial charge in [-0.05, 0) is 19.3 Å². The van der Waals surface area contributed by atoms with Crippen LogP contribution in [0.25, 0.3) is 0 Å². The van der Waals surface area contributed by atoms with Gasteiger partial charge in [0.2, 0.25) is 0 Å². The first kappa shape index (κ1) is 11.2. The molecule has 0 radical (unpaired) electrons. The zero-order valence-corrected chi connectivity index (χ0v) is 7.75. The van der Waals surface area contributed by atoms with Crippen LogP contribution < -0.4 is 0 Å². The maximum absolute atomic E-state index is 10.1. The molecule has 0 fully saturated rings. The van der Waals surface area contributed by atoms with E-state index < -0.39 is 5.97 Å². The Morgan fingerprint density at radius 2 is 1.83 bits per heavy atom. The Balaban J connectivity index is 3.08. The lowest BCUT2D eigenvalue weighted by atomic mass is 10.2. The first-order chi connectivity index (χ1) is 5.77. The summed E-state index contributed by atoms with van der Waals surface area (Å²) in [6.07, 6.45) is 9.76. The van der Waals surface area contributed by atoms with Gasteiger partial charge in [0.05, 0.1) is 0 Å². The van der Waals surface area contributed by atoms with Gasteiger partial charge < -0.3 is 5.11 Å².